The van der Waals surface area contributed by atoms with Gasteiger partial charge in [-0.1, -0.05) is 34.1 Å². The molecule has 0 aliphatic heterocycles. The second-order valence-corrected chi connectivity index (χ2v) is 4.48. The minimum Gasteiger partial charge on any atom is -0.384 e. The van der Waals surface area contributed by atoms with E-state index in [0.717, 1.165) is 18.2 Å². The van der Waals surface area contributed by atoms with E-state index in [1.165, 1.54) is 0 Å². The van der Waals surface area contributed by atoms with Crippen LogP contribution in [-0.4, -0.2) is 5.11 Å². The Morgan fingerprint density at radius 3 is 2.18 bits per heavy atom. The highest BCUT2D eigenvalue weighted by Gasteiger charge is 2.14. The van der Waals surface area contributed by atoms with Gasteiger partial charge in [-0.15, -0.1) is 0 Å². The topological polar surface area (TPSA) is 20.2 Å². The van der Waals surface area contributed by atoms with Gasteiger partial charge in [0.05, 0.1) is 0 Å². The fraction of sp³-hybridized carbons (Fsp3) is 0.0769. The van der Waals surface area contributed by atoms with Gasteiger partial charge >= 0.3 is 0 Å². The zero-order chi connectivity index (χ0) is 12.4. The number of hydrogen-bond acceptors (Lipinski definition) is 1. The average molecular weight is 299 g/mol. The summed E-state index contributed by atoms with van der Waals surface area (Å²) in [5.41, 5.74) is 0.756. The van der Waals surface area contributed by atoms with Crippen molar-refractivity contribution < 1.29 is 13.9 Å². The molecule has 88 valence electrons. The van der Waals surface area contributed by atoms with Gasteiger partial charge in [0.2, 0.25) is 0 Å². The molecule has 1 N–H and O–H groups in total. The van der Waals surface area contributed by atoms with Crippen LogP contribution in [0.3, 0.4) is 0 Å². The third-order valence-electron chi connectivity index (χ3n) is 2.40. The lowest BCUT2D eigenvalue weighted by Crippen LogP contribution is -2.01. The van der Waals surface area contributed by atoms with E-state index in [1.807, 2.05) is 0 Å². The fourth-order valence-electron chi connectivity index (χ4n) is 1.61. The van der Waals surface area contributed by atoms with Gasteiger partial charge in [0, 0.05) is 10.5 Å². The molecule has 0 saturated heterocycles. The Balaban J connectivity index is 2.43. The monoisotopic (exact) mass is 298 g/mol. The van der Waals surface area contributed by atoms with Crippen LogP contribution >= 0.6 is 15.9 Å². The summed E-state index contributed by atoms with van der Waals surface area (Å²) in [5.74, 6) is -1.41. The molecule has 2 aromatic carbocycles. The van der Waals surface area contributed by atoms with Crippen LogP contribution < -0.4 is 0 Å². The number of aliphatic hydroxyl groups is 1. The van der Waals surface area contributed by atoms with Crippen molar-refractivity contribution in [2.45, 2.75) is 6.10 Å². The zero-order valence-electron chi connectivity index (χ0n) is 8.70. The molecule has 0 radical (unpaired) electrons. The summed E-state index contributed by atoms with van der Waals surface area (Å²) >= 11 is 3.28. The van der Waals surface area contributed by atoms with Crippen molar-refractivity contribution in [3.8, 4) is 0 Å². The van der Waals surface area contributed by atoms with Crippen molar-refractivity contribution in [3.63, 3.8) is 0 Å². The van der Waals surface area contributed by atoms with Gasteiger partial charge in [-0.3, -0.25) is 0 Å². The first-order chi connectivity index (χ1) is 8.08. The first-order valence-corrected chi connectivity index (χ1v) is 5.75. The van der Waals surface area contributed by atoms with Gasteiger partial charge in [-0.2, -0.15) is 0 Å². The molecule has 1 nitrogen and oxygen atoms in total. The van der Waals surface area contributed by atoms with Crippen LogP contribution in [0, 0.1) is 11.6 Å². The largest absolute Gasteiger partial charge is 0.384 e. The highest BCUT2D eigenvalue weighted by molar-refractivity contribution is 9.10. The van der Waals surface area contributed by atoms with Crippen LogP contribution in [-0.2, 0) is 0 Å². The maximum absolute atomic E-state index is 13.0. The minimum atomic E-state index is -1.06. The quantitative estimate of drug-likeness (QED) is 0.894. The van der Waals surface area contributed by atoms with E-state index in [-0.39, 0.29) is 5.56 Å². The van der Waals surface area contributed by atoms with E-state index in [1.54, 1.807) is 24.3 Å². The van der Waals surface area contributed by atoms with E-state index in [0.29, 0.717) is 10.0 Å². The molecule has 0 amide bonds. The lowest BCUT2D eigenvalue weighted by Gasteiger charge is -2.13. The first kappa shape index (κ1) is 12.2. The molecular formula is C13H9BrF2O. The molecule has 4 heteroatoms. The number of aliphatic hydroxyl groups excluding tert-OH is 1. The van der Waals surface area contributed by atoms with Gasteiger partial charge in [0.15, 0.2) is 0 Å². The van der Waals surface area contributed by atoms with E-state index in [9.17, 15) is 13.9 Å². The summed E-state index contributed by atoms with van der Waals surface area (Å²) in [5, 5.41) is 10.1. The third kappa shape index (κ3) is 2.70. The number of halogens is 3. The molecular weight excluding hydrogens is 290 g/mol. The summed E-state index contributed by atoms with van der Waals surface area (Å²) in [6.45, 7) is 0. The molecule has 0 saturated carbocycles. The highest BCUT2D eigenvalue weighted by atomic mass is 79.9. The van der Waals surface area contributed by atoms with Crippen molar-refractivity contribution >= 4 is 15.9 Å². The minimum absolute atomic E-state index is 0.189. The normalized spacial score (nSPS) is 12.5. The molecule has 0 bridgehead atoms. The fourth-order valence-corrected chi connectivity index (χ4v) is 2.11. The van der Waals surface area contributed by atoms with Crippen LogP contribution in [0.5, 0.6) is 0 Å². The van der Waals surface area contributed by atoms with E-state index >= 15 is 0 Å². The Bertz CT molecular complexity index is 522. The molecule has 0 spiro atoms. The SMILES string of the molecule is OC(c1cc(F)cc(F)c1)c1ccccc1Br. The molecule has 0 fully saturated rings. The van der Waals surface area contributed by atoms with Crippen molar-refractivity contribution in [2.75, 3.05) is 0 Å². The Morgan fingerprint density at radius 1 is 1.00 bits per heavy atom. The van der Waals surface area contributed by atoms with E-state index in [4.69, 9.17) is 0 Å². The van der Waals surface area contributed by atoms with Gasteiger partial charge in [-0.05, 0) is 29.3 Å². The van der Waals surface area contributed by atoms with E-state index in [2.05, 4.69) is 15.9 Å². The first-order valence-electron chi connectivity index (χ1n) is 4.96. The second kappa shape index (κ2) is 4.94. The van der Waals surface area contributed by atoms with Gasteiger partial charge in [0.1, 0.15) is 17.7 Å². The smallest absolute Gasteiger partial charge is 0.126 e. The maximum atomic E-state index is 13.0. The van der Waals surface area contributed by atoms with Crippen molar-refractivity contribution in [1.29, 1.82) is 0 Å². The number of benzene rings is 2. The molecule has 0 aliphatic carbocycles. The Kier molecular flexibility index (Phi) is 3.54. The lowest BCUT2D eigenvalue weighted by molar-refractivity contribution is 0.218. The summed E-state index contributed by atoms with van der Waals surface area (Å²) in [6, 6.07) is 10.0. The van der Waals surface area contributed by atoms with Gasteiger partial charge in [-0.25, -0.2) is 8.78 Å². The maximum Gasteiger partial charge on any atom is 0.126 e. The summed E-state index contributed by atoms with van der Waals surface area (Å²) < 4.78 is 26.8. The average Bonchev–Trinajstić information content (AvgIpc) is 2.27. The number of rotatable bonds is 2. The van der Waals surface area contributed by atoms with Crippen LogP contribution in [0.4, 0.5) is 8.78 Å². The standard InChI is InChI=1S/C13H9BrF2O/c14-12-4-2-1-3-11(12)13(17)8-5-9(15)7-10(16)6-8/h1-7,13,17H. The summed E-state index contributed by atoms with van der Waals surface area (Å²) in [4.78, 5) is 0. The molecule has 2 rings (SSSR count). The third-order valence-corrected chi connectivity index (χ3v) is 3.12. The number of hydrogen-bond donors (Lipinski definition) is 1. The highest BCUT2D eigenvalue weighted by Crippen LogP contribution is 2.28. The molecule has 17 heavy (non-hydrogen) atoms. The van der Waals surface area contributed by atoms with Gasteiger partial charge in [0.25, 0.3) is 0 Å². The van der Waals surface area contributed by atoms with Crippen LogP contribution in [0.2, 0.25) is 0 Å². The molecule has 2 aromatic rings. The Morgan fingerprint density at radius 2 is 1.59 bits per heavy atom. The Labute approximate surface area is 106 Å². The van der Waals surface area contributed by atoms with Crippen molar-refractivity contribution in [3.05, 3.63) is 69.7 Å². The second-order valence-electron chi connectivity index (χ2n) is 3.63. The molecule has 0 aliphatic rings. The van der Waals surface area contributed by atoms with Crippen LogP contribution in [0.25, 0.3) is 0 Å². The molecule has 1 atom stereocenters. The summed E-state index contributed by atoms with van der Waals surface area (Å²) in [6.07, 6.45) is -1.06. The lowest BCUT2D eigenvalue weighted by atomic mass is 10.0. The van der Waals surface area contributed by atoms with Crippen molar-refractivity contribution in [1.82, 2.24) is 0 Å². The zero-order valence-corrected chi connectivity index (χ0v) is 10.3. The molecule has 1 unspecified atom stereocenters. The Hall–Kier alpha value is -1.26. The molecule has 0 heterocycles. The predicted octanol–water partition coefficient (Wildman–Crippen LogP) is 3.81. The van der Waals surface area contributed by atoms with Crippen LogP contribution in [0.15, 0.2) is 46.9 Å². The van der Waals surface area contributed by atoms with Crippen LogP contribution in [0.1, 0.15) is 17.2 Å². The van der Waals surface area contributed by atoms with Crippen molar-refractivity contribution in [2.24, 2.45) is 0 Å². The molecule has 0 aromatic heterocycles. The summed E-state index contributed by atoms with van der Waals surface area (Å²) in [7, 11) is 0. The van der Waals surface area contributed by atoms with E-state index < -0.39 is 17.7 Å². The van der Waals surface area contributed by atoms with Gasteiger partial charge < -0.3 is 5.11 Å². The predicted molar refractivity (Wildman–Crippen MR) is 64.6 cm³/mol.